The first-order valence-electron chi connectivity index (χ1n) is 7.39. The zero-order chi connectivity index (χ0) is 13.9. The van der Waals surface area contributed by atoms with E-state index in [9.17, 15) is 4.79 Å². The number of hydrogen-bond acceptors (Lipinski definition) is 4. The van der Waals surface area contributed by atoms with E-state index in [0.717, 1.165) is 26.1 Å². The lowest BCUT2D eigenvalue weighted by Gasteiger charge is -2.31. The van der Waals surface area contributed by atoms with E-state index >= 15 is 0 Å². The molecule has 108 valence electrons. The van der Waals surface area contributed by atoms with Gasteiger partial charge < -0.3 is 10.1 Å². The minimum atomic E-state index is -0.197. The first-order chi connectivity index (χ1) is 9.76. The normalized spacial score (nSPS) is 20.2. The minimum absolute atomic E-state index is 0.143. The molecule has 1 N–H and O–H groups in total. The predicted octanol–water partition coefficient (Wildman–Crippen LogP) is 1.34. The van der Waals surface area contributed by atoms with Crippen LogP contribution in [0.1, 0.15) is 24.0 Å². The molecule has 20 heavy (non-hydrogen) atoms. The number of nitrogens with one attached hydrogen (secondary N) is 1. The molecule has 1 aliphatic heterocycles. The van der Waals surface area contributed by atoms with Gasteiger partial charge in [0.1, 0.15) is 6.04 Å². The van der Waals surface area contributed by atoms with E-state index < -0.39 is 0 Å². The fraction of sp³-hybridized carbons (Fsp3) is 0.562. The maximum atomic E-state index is 11.9. The molecule has 1 fully saturated rings. The van der Waals surface area contributed by atoms with Gasteiger partial charge in [0.05, 0.1) is 7.11 Å². The monoisotopic (exact) mass is 274 g/mol. The Balaban J connectivity index is 1.62. The van der Waals surface area contributed by atoms with Crippen LogP contribution in [-0.4, -0.2) is 43.2 Å². The first-order valence-corrected chi connectivity index (χ1v) is 7.39. The van der Waals surface area contributed by atoms with Gasteiger partial charge in [0.15, 0.2) is 0 Å². The van der Waals surface area contributed by atoms with Gasteiger partial charge in [-0.25, -0.2) is 0 Å². The van der Waals surface area contributed by atoms with E-state index in [4.69, 9.17) is 4.74 Å². The number of ether oxygens (including phenoxy) is 1. The summed E-state index contributed by atoms with van der Waals surface area (Å²) in [4.78, 5) is 14.2. The molecule has 0 amide bonds. The number of rotatable bonds is 5. The van der Waals surface area contributed by atoms with E-state index in [1.165, 1.54) is 31.1 Å². The molecule has 3 rings (SSSR count). The lowest BCUT2D eigenvalue weighted by molar-refractivity contribution is -0.143. The summed E-state index contributed by atoms with van der Waals surface area (Å²) in [6.45, 7) is 2.67. The molecular weight excluding hydrogens is 252 g/mol. The Morgan fingerprint density at radius 1 is 1.40 bits per heavy atom. The molecule has 2 aliphatic rings. The van der Waals surface area contributed by atoms with E-state index in [1.54, 1.807) is 0 Å². The van der Waals surface area contributed by atoms with Crippen molar-refractivity contribution < 1.29 is 9.53 Å². The lowest BCUT2D eigenvalue weighted by Crippen LogP contribution is -2.48. The Kier molecular flexibility index (Phi) is 4.03. The van der Waals surface area contributed by atoms with Gasteiger partial charge in [-0.2, -0.15) is 0 Å². The van der Waals surface area contributed by atoms with Crippen LogP contribution < -0.4 is 5.32 Å². The van der Waals surface area contributed by atoms with Crippen LogP contribution in [0.3, 0.4) is 0 Å². The fourth-order valence-corrected chi connectivity index (χ4v) is 2.84. The zero-order valence-electron chi connectivity index (χ0n) is 12.0. The van der Waals surface area contributed by atoms with Crippen molar-refractivity contribution in [2.24, 2.45) is 0 Å². The summed E-state index contributed by atoms with van der Waals surface area (Å²) in [5.74, 6) is -0.143. The number of carbonyl (C=O) groups excluding carboxylic acids is 1. The number of nitrogens with zero attached hydrogens (tertiary/aromatic N) is 1. The first kappa shape index (κ1) is 13.6. The highest BCUT2D eigenvalue weighted by Gasteiger charge is 2.31. The van der Waals surface area contributed by atoms with Gasteiger partial charge in [-0.15, -0.1) is 0 Å². The number of hydrogen-bond donors (Lipinski definition) is 1. The molecule has 0 saturated heterocycles. The molecule has 0 bridgehead atoms. The molecule has 1 saturated carbocycles. The Morgan fingerprint density at radius 3 is 2.85 bits per heavy atom. The van der Waals surface area contributed by atoms with Gasteiger partial charge in [-0.1, -0.05) is 24.3 Å². The second kappa shape index (κ2) is 5.94. The van der Waals surface area contributed by atoms with Crippen molar-refractivity contribution in [3.8, 4) is 0 Å². The molecule has 1 atom stereocenters. The standard InChI is InChI=1S/C16H22N2O2/c1-20-16(19)15(17-14-6-7-14)11-18-9-8-12-4-2-3-5-13(12)10-18/h2-5,14-15,17H,6-11H2,1H3. The van der Waals surface area contributed by atoms with E-state index in [0.29, 0.717) is 6.04 Å². The van der Waals surface area contributed by atoms with Crippen molar-refractivity contribution in [1.82, 2.24) is 10.2 Å². The van der Waals surface area contributed by atoms with Crippen LogP contribution in [-0.2, 0) is 22.5 Å². The Hall–Kier alpha value is -1.39. The van der Waals surface area contributed by atoms with Crippen molar-refractivity contribution in [3.05, 3.63) is 35.4 Å². The smallest absolute Gasteiger partial charge is 0.324 e. The topological polar surface area (TPSA) is 41.6 Å². The minimum Gasteiger partial charge on any atom is -0.468 e. The van der Waals surface area contributed by atoms with Crippen LogP contribution in [0.25, 0.3) is 0 Å². The molecule has 4 heteroatoms. The van der Waals surface area contributed by atoms with Gasteiger partial charge >= 0.3 is 5.97 Å². The third-order valence-electron chi connectivity index (χ3n) is 4.15. The molecule has 0 radical (unpaired) electrons. The predicted molar refractivity (Wildman–Crippen MR) is 77.4 cm³/mol. The third kappa shape index (κ3) is 3.19. The van der Waals surface area contributed by atoms with Crippen molar-refractivity contribution in [1.29, 1.82) is 0 Å². The molecular formula is C16H22N2O2. The van der Waals surface area contributed by atoms with Crippen molar-refractivity contribution in [2.75, 3.05) is 20.2 Å². The average molecular weight is 274 g/mol. The molecule has 1 unspecified atom stereocenters. The van der Waals surface area contributed by atoms with Gasteiger partial charge in [-0.3, -0.25) is 9.69 Å². The van der Waals surface area contributed by atoms with Crippen molar-refractivity contribution in [3.63, 3.8) is 0 Å². The number of carbonyl (C=O) groups is 1. The summed E-state index contributed by atoms with van der Waals surface area (Å²) < 4.78 is 4.92. The van der Waals surface area contributed by atoms with Gasteiger partial charge in [0, 0.05) is 25.7 Å². The van der Waals surface area contributed by atoms with Gasteiger partial charge in [-0.05, 0) is 30.4 Å². The highest BCUT2D eigenvalue weighted by molar-refractivity contribution is 5.76. The number of benzene rings is 1. The van der Waals surface area contributed by atoms with Crippen LogP contribution in [0.15, 0.2) is 24.3 Å². The summed E-state index contributed by atoms with van der Waals surface area (Å²) in [6.07, 6.45) is 3.42. The molecule has 4 nitrogen and oxygen atoms in total. The van der Waals surface area contributed by atoms with Gasteiger partial charge in [0.2, 0.25) is 0 Å². The average Bonchev–Trinajstić information content (AvgIpc) is 3.29. The SMILES string of the molecule is COC(=O)C(CN1CCc2ccccc2C1)NC1CC1. The maximum absolute atomic E-state index is 11.9. The third-order valence-corrected chi connectivity index (χ3v) is 4.15. The van der Waals surface area contributed by atoms with E-state index in [1.807, 2.05) is 0 Å². The maximum Gasteiger partial charge on any atom is 0.324 e. The van der Waals surface area contributed by atoms with Crippen molar-refractivity contribution >= 4 is 5.97 Å². The number of methoxy groups -OCH3 is 1. The van der Waals surface area contributed by atoms with Crippen LogP contribution in [0, 0.1) is 0 Å². The molecule has 1 heterocycles. The Morgan fingerprint density at radius 2 is 2.15 bits per heavy atom. The summed E-state index contributed by atoms with van der Waals surface area (Å²) in [5, 5.41) is 3.40. The molecule has 0 spiro atoms. The van der Waals surface area contributed by atoms with Gasteiger partial charge in [0.25, 0.3) is 0 Å². The molecule has 1 aromatic rings. The highest BCUT2D eigenvalue weighted by atomic mass is 16.5. The summed E-state index contributed by atoms with van der Waals surface area (Å²) in [6, 6.07) is 8.88. The second-order valence-corrected chi connectivity index (χ2v) is 5.77. The van der Waals surface area contributed by atoms with Crippen LogP contribution in [0.5, 0.6) is 0 Å². The largest absolute Gasteiger partial charge is 0.468 e. The van der Waals surface area contributed by atoms with Crippen LogP contribution >= 0.6 is 0 Å². The number of esters is 1. The summed E-state index contributed by atoms with van der Waals surface area (Å²) >= 11 is 0. The summed E-state index contributed by atoms with van der Waals surface area (Å²) in [7, 11) is 1.47. The van der Waals surface area contributed by atoms with E-state index in [2.05, 4.69) is 34.5 Å². The Labute approximate surface area is 120 Å². The zero-order valence-corrected chi connectivity index (χ0v) is 12.0. The van der Waals surface area contributed by atoms with Crippen LogP contribution in [0.4, 0.5) is 0 Å². The molecule has 0 aromatic heterocycles. The molecule has 1 aliphatic carbocycles. The van der Waals surface area contributed by atoms with Crippen molar-refractivity contribution in [2.45, 2.75) is 37.9 Å². The Bertz CT molecular complexity index is 485. The highest BCUT2D eigenvalue weighted by Crippen LogP contribution is 2.21. The van der Waals surface area contributed by atoms with E-state index in [-0.39, 0.29) is 12.0 Å². The van der Waals surface area contributed by atoms with Crippen LogP contribution in [0.2, 0.25) is 0 Å². The quantitative estimate of drug-likeness (QED) is 0.823. The second-order valence-electron chi connectivity index (χ2n) is 5.77. The molecule has 1 aromatic carbocycles. The number of fused-ring (bicyclic) bond motifs is 1. The fourth-order valence-electron chi connectivity index (χ4n) is 2.84. The lowest BCUT2D eigenvalue weighted by atomic mass is 9.99. The summed E-state index contributed by atoms with van der Waals surface area (Å²) in [5.41, 5.74) is 2.82.